The first kappa shape index (κ1) is 13.1. The SMILES string of the molecule is O=C(O)[C@@H](c1cccc2ccccc12)N1CCOCC1. The second kappa shape index (κ2) is 5.61. The van der Waals surface area contributed by atoms with Crippen LogP contribution in [-0.2, 0) is 9.53 Å². The number of nitrogens with zero attached hydrogens (tertiary/aromatic N) is 1. The lowest BCUT2D eigenvalue weighted by Crippen LogP contribution is -2.42. The van der Waals surface area contributed by atoms with Crippen molar-refractivity contribution in [2.45, 2.75) is 6.04 Å². The molecule has 1 heterocycles. The molecule has 0 unspecified atom stereocenters. The second-order valence-corrected chi connectivity index (χ2v) is 4.96. The van der Waals surface area contributed by atoms with E-state index in [9.17, 15) is 9.90 Å². The highest BCUT2D eigenvalue weighted by Gasteiger charge is 2.29. The number of benzene rings is 2. The van der Waals surface area contributed by atoms with Gasteiger partial charge in [0.15, 0.2) is 0 Å². The van der Waals surface area contributed by atoms with Crippen molar-refractivity contribution in [1.29, 1.82) is 0 Å². The lowest BCUT2D eigenvalue weighted by molar-refractivity contribution is -0.145. The third kappa shape index (κ3) is 2.40. The lowest BCUT2D eigenvalue weighted by atomic mass is 9.97. The molecule has 0 radical (unpaired) electrons. The molecule has 20 heavy (non-hydrogen) atoms. The van der Waals surface area contributed by atoms with E-state index in [1.165, 1.54) is 0 Å². The van der Waals surface area contributed by atoms with Crippen molar-refractivity contribution < 1.29 is 14.6 Å². The van der Waals surface area contributed by atoms with Crippen LogP contribution in [0.25, 0.3) is 10.8 Å². The van der Waals surface area contributed by atoms with Gasteiger partial charge >= 0.3 is 5.97 Å². The minimum Gasteiger partial charge on any atom is -0.480 e. The Morgan fingerprint density at radius 1 is 1.10 bits per heavy atom. The normalized spacial score (nSPS) is 18.0. The molecule has 4 heteroatoms. The molecule has 1 aliphatic heterocycles. The zero-order valence-corrected chi connectivity index (χ0v) is 11.2. The number of carbonyl (C=O) groups is 1. The summed E-state index contributed by atoms with van der Waals surface area (Å²) in [6, 6.07) is 13.2. The summed E-state index contributed by atoms with van der Waals surface area (Å²) < 4.78 is 5.32. The van der Waals surface area contributed by atoms with E-state index in [0.29, 0.717) is 26.3 Å². The topological polar surface area (TPSA) is 49.8 Å². The minimum absolute atomic E-state index is 0.592. The predicted molar refractivity (Wildman–Crippen MR) is 76.7 cm³/mol. The van der Waals surface area contributed by atoms with E-state index in [4.69, 9.17) is 4.74 Å². The van der Waals surface area contributed by atoms with Crippen molar-refractivity contribution in [2.24, 2.45) is 0 Å². The summed E-state index contributed by atoms with van der Waals surface area (Å²) in [5, 5.41) is 11.7. The molecule has 0 saturated carbocycles. The maximum absolute atomic E-state index is 11.8. The van der Waals surface area contributed by atoms with Crippen LogP contribution in [0.1, 0.15) is 11.6 Å². The number of fused-ring (bicyclic) bond motifs is 1. The fourth-order valence-corrected chi connectivity index (χ4v) is 2.81. The monoisotopic (exact) mass is 271 g/mol. The highest BCUT2D eigenvalue weighted by Crippen LogP contribution is 2.29. The van der Waals surface area contributed by atoms with Crippen molar-refractivity contribution in [3.63, 3.8) is 0 Å². The van der Waals surface area contributed by atoms with E-state index in [1.807, 2.05) is 47.4 Å². The molecule has 1 saturated heterocycles. The van der Waals surface area contributed by atoms with E-state index in [1.54, 1.807) is 0 Å². The van der Waals surface area contributed by atoms with E-state index in [2.05, 4.69) is 0 Å². The van der Waals surface area contributed by atoms with E-state index in [-0.39, 0.29) is 0 Å². The van der Waals surface area contributed by atoms with Crippen molar-refractivity contribution in [2.75, 3.05) is 26.3 Å². The molecule has 0 bridgehead atoms. The molecule has 0 aromatic heterocycles. The molecule has 2 aromatic carbocycles. The number of carboxylic acid groups (broad SMARTS) is 1. The molecular weight excluding hydrogens is 254 g/mol. The van der Waals surface area contributed by atoms with Crippen molar-refractivity contribution in [3.8, 4) is 0 Å². The first-order valence-corrected chi connectivity index (χ1v) is 6.79. The molecule has 0 spiro atoms. The Morgan fingerprint density at radius 3 is 2.55 bits per heavy atom. The summed E-state index contributed by atoms with van der Waals surface area (Å²) in [7, 11) is 0. The Kier molecular flexibility index (Phi) is 3.67. The quantitative estimate of drug-likeness (QED) is 0.930. The number of ether oxygens (including phenoxy) is 1. The van der Waals surface area contributed by atoms with Crippen molar-refractivity contribution in [3.05, 3.63) is 48.0 Å². The molecule has 0 amide bonds. The largest absolute Gasteiger partial charge is 0.480 e. The van der Waals surface area contributed by atoms with Gasteiger partial charge in [0, 0.05) is 13.1 Å². The minimum atomic E-state index is -0.803. The zero-order valence-electron chi connectivity index (χ0n) is 11.2. The number of rotatable bonds is 3. The van der Waals surface area contributed by atoms with Crippen LogP contribution < -0.4 is 0 Å². The zero-order chi connectivity index (χ0) is 13.9. The van der Waals surface area contributed by atoms with Crippen molar-refractivity contribution >= 4 is 16.7 Å². The van der Waals surface area contributed by atoms with Gasteiger partial charge in [0.1, 0.15) is 6.04 Å². The second-order valence-electron chi connectivity index (χ2n) is 4.96. The first-order chi connectivity index (χ1) is 9.77. The Balaban J connectivity index is 2.07. The van der Waals surface area contributed by atoms with Gasteiger partial charge < -0.3 is 9.84 Å². The third-order valence-electron chi connectivity index (χ3n) is 3.76. The molecule has 4 nitrogen and oxygen atoms in total. The van der Waals surface area contributed by atoms with Gasteiger partial charge in [0.05, 0.1) is 13.2 Å². The highest BCUT2D eigenvalue weighted by atomic mass is 16.5. The summed E-state index contributed by atoms with van der Waals surface area (Å²) in [5.74, 6) is -0.803. The van der Waals surface area contributed by atoms with Gasteiger partial charge in [-0.1, -0.05) is 42.5 Å². The smallest absolute Gasteiger partial charge is 0.325 e. The molecule has 104 valence electrons. The van der Waals surface area contributed by atoms with Gasteiger partial charge in [-0.05, 0) is 16.3 Å². The van der Waals surface area contributed by atoms with Crippen LogP contribution in [0.5, 0.6) is 0 Å². The molecule has 0 aliphatic carbocycles. The standard InChI is InChI=1S/C16H17NO3/c18-16(19)15(17-8-10-20-11-9-17)14-7-3-5-12-4-1-2-6-13(12)14/h1-7,15H,8-11H2,(H,18,19)/t15-/m1/s1. The van der Waals surface area contributed by atoms with E-state index in [0.717, 1.165) is 16.3 Å². The van der Waals surface area contributed by atoms with Gasteiger partial charge in [0.25, 0.3) is 0 Å². The van der Waals surface area contributed by atoms with Crippen LogP contribution in [0.3, 0.4) is 0 Å². The van der Waals surface area contributed by atoms with Gasteiger partial charge in [-0.15, -0.1) is 0 Å². The lowest BCUT2D eigenvalue weighted by Gasteiger charge is -2.32. The Morgan fingerprint density at radius 2 is 1.80 bits per heavy atom. The molecular formula is C16H17NO3. The van der Waals surface area contributed by atoms with Crippen LogP contribution in [0, 0.1) is 0 Å². The fourth-order valence-electron chi connectivity index (χ4n) is 2.81. The first-order valence-electron chi connectivity index (χ1n) is 6.79. The summed E-state index contributed by atoms with van der Waals surface area (Å²) >= 11 is 0. The average Bonchev–Trinajstić information content (AvgIpc) is 2.48. The molecule has 2 aromatic rings. The Labute approximate surface area is 117 Å². The number of carboxylic acids is 1. The van der Waals surface area contributed by atoms with Gasteiger partial charge in [0.2, 0.25) is 0 Å². The number of hydrogen-bond donors (Lipinski definition) is 1. The van der Waals surface area contributed by atoms with Crippen LogP contribution in [-0.4, -0.2) is 42.3 Å². The third-order valence-corrected chi connectivity index (χ3v) is 3.76. The maximum atomic E-state index is 11.8. The number of aliphatic carboxylic acids is 1. The number of morpholine rings is 1. The van der Waals surface area contributed by atoms with Gasteiger partial charge in [-0.2, -0.15) is 0 Å². The van der Waals surface area contributed by atoms with Crippen LogP contribution in [0.2, 0.25) is 0 Å². The summed E-state index contributed by atoms with van der Waals surface area (Å²) in [4.78, 5) is 13.7. The fraction of sp³-hybridized carbons (Fsp3) is 0.312. The molecule has 1 aliphatic rings. The van der Waals surface area contributed by atoms with E-state index < -0.39 is 12.0 Å². The van der Waals surface area contributed by atoms with Gasteiger partial charge in [-0.3, -0.25) is 9.69 Å². The maximum Gasteiger partial charge on any atom is 0.325 e. The van der Waals surface area contributed by atoms with Crippen LogP contribution in [0.15, 0.2) is 42.5 Å². The number of hydrogen-bond acceptors (Lipinski definition) is 3. The van der Waals surface area contributed by atoms with Gasteiger partial charge in [-0.25, -0.2) is 0 Å². The summed E-state index contributed by atoms with van der Waals surface area (Å²) in [5.41, 5.74) is 0.859. The van der Waals surface area contributed by atoms with Crippen molar-refractivity contribution in [1.82, 2.24) is 4.90 Å². The average molecular weight is 271 g/mol. The molecule has 1 fully saturated rings. The highest BCUT2D eigenvalue weighted by molar-refractivity contribution is 5.90. The molecule has 1 atom stereocenters. The Bertz CT molecular complexity index is 615. The van der Waals surface area contributed by atoms with E-state index >= 15 is 0 Å². The molecule has 1 N–H and O–H groups in total. The van der Waals surface area contributed by atoms with Crippen LogP contribution >= 0.6 is 0 Å². The summed E-state index contributed by atoms with van der Waals surface area (Å²) in [6.45, 7) is 2.49. The van der Waals surface area contributed by atoms with Crippen LogP contribution in [0.4, 0.5) is 0 Å². The Hall–Kier alpha value is -1.91. The predicted octanol–water partition coefficient (Wildman–Crippen LogP) is 2.30. The summed E-state index contributed by atoms with van der Waals surface area (Å²) in [6.07, 6.45) is 0. The molecule has 3 rings (SSSR count).